The van der Waals surface area contributed by atoms with Gasteiger partial charge in [-0.3, -0.25) is 0 Å². The van der Waals surface area contributed by atoms with Crippen LogP contribution in [-0.2, 0) is 4.74 Å². The average molecular weight is 440 g/mol. The Hall–Kier alpha value is -0.960. The molecule has 0 aliphatic carbocycles. The van der Waals surface area contributed by atoms with Gasteiger partial charge in [-0.25, -0.2) is 13.6 Å². The van der Waals surface area contributed by atoms with Gasteiger partial charge in [0.2, 0.25) is 0 Å². The van der Waals surface area contributed by atoms with E-state index in [0.717, 1.165) is 9.13 Å². The number of nitrogens with one attached hydrogen (secondary N) is 2. The van der Waals surface area contributed by atoms with Crippen molar-refractivity contribution in [3.8, 4) is 0 Å². The van der Waals surface area contributed by atoms with Gasteiger partial charge in [-0.2, -0.15) is 0 Å². The summed E-state index contributed by atoms with van der Waals surface area (Å²) in [6.45, 7) is 5.54. The van der Waals surface area contributed by atoms with Crippen LogP contribution in [0.1, 0.15) is 39.3 Å². The molecule has 0 saturated heterocycles. The van der Waals surface area contributed by atoms with Crippen LogP contribution in [0.4, 0.5) is 13.6 Å². The molecule has 0 spiro atoms. The molecule has 1 aromatic carbocycles. The molecule has 2 N–H and O–H groups in total. The molecule has 0 heterocycles. The van der Waals surface area contributed by atoms with E-state index in [1.165, 1.54) is 0 Å². The van der Waals surface area contributed by atoms with Gasteiger partial charge < -0.3 is 15.4 Å². The Kier molecular flexibility index (Phi) is 7.19. The minimum absolute atomic E-state index is 0.209. The highest BCUT2D eigenvalue weighted by atomic mass is 127. The normalized spacial score (nSPS) is 13.5. The van der Waals surface area contributed by atoms with Crippen LogP contribution in [-0.4, -0.2) is 30.7 Å². The largest absolute Gasteiger partial charge is 0.444 e. The molecule has 0 radical (unpaired) electrons. The van der Waals surface area contributed by atoms with Crippen LogP contribution >= 0.6 is 22.6 Å². The highest BCUT2D eigenvalue weighted by molar-refractivity contribution is 14.1. The van der Waals surface area contributed by atoms with Crippen LogP contribution in [0.5, 0.6) is 0 Å². The maximum Gasteiger partial charge on any atom is 0.407 e. The number of hydrogen-bond acceptors (Lipinski definition) is 3. The van der Waals surface area contributed by atoms with Gasteiger partial charge in [0.25, 0.3) is 5.92 Å². The van der Waals surface area contributed by atoms with Crippen LogP contribution in [0.3, 0.4) is 0 Å². The maximum absolute atomic E-state index is 13.8. The van der Waals surface area contributed by atoms with Crippen LogP contribution in [0.25, 0.3) is 0 Å². The van der Waals surface area contributed by atoms with E-state index in [-0.39, 0.29) is 6.04 Å². The first-order chi connectivity index (χ1) is 10.5. The summed E-state index contributed by atoms with van der Waals surface area (Å²) in [5, 5.41) is 4.88. The van der Waals surface area contributed by atoms with E-state index in [1.54, 1.807) is 20.8 Å². The standard InChI is InChI=1S/C16H23F2IN2O2/c1-11(12-5-7-13(19)8-6-12)20-9-16(17,18)10-21-14(22)23-15(2,3)4/h5-8,11,20H,9-10H2,1-4H3,(H,21,22). The van der Waals surface area contributed by atoms with Crippen molar-refractivity contribution in [1.82, 2.24) is 10.6 Å². The zero-order chi connectivity index (χ0) is 17.7. The van der Waals surface area contributed by atoms with Gasteiger partial charge in [0.15, 0.2) is 0 Å². The van der Waals surface area contributed by atoms with Crippen molar-refractivity contribution < 1.29 is 18.3 Å². The Morgan fingerprint density at radius 2 is 1.78 bits per heavy atom. The number of carbonyl (C=O) groups excluding carboxylic acids is 1. The molecule has 1 aromatic rings. The van der Waals surface area contributed by atoms with Crippen LogP contribution < -0.4 is 10.6 Å². The topological polar surface area (TPSA) is 50.4 Å². The number of alkyl halides is 2. The van der Waals surface area contributed by atoms with E-state index in [2.05, 4.69) is 33.2 Å². The molecule has 130 valence electrons. The molecule has 7 heteroatoms. The van der Waals surface area contributed by atoms with Gasteiger partial charge in [-0.1, -0.05) is 12.1 Å². The Morgan fingerprint density at radius 1 is 1.22 bits per heavy atom. The Balaban J connectivity index is 2.42. The number of ether oxygens (including phenoxy) is 1. The molecule has 1 unspecified atom stereocenters. The highest BCUT2D eigenvalue weighted by Crippen LogP contribution is 2.17. The van der Waals surface area contributed by atoms with Crippen molar-refractivity contribution in [1.29, 1.82) is 0 Å². The maximum atomic E-state index is 13.8. The smallest absolute Gasteiger partial charge is 0.407 e. The summed E-state index contributed by atoms with van der Waals surface area (Å²) in [6.07, 6.45) is -0.845. The first-order valence-corrected chi connectivity index (χ1v) is 8.40. The van der Waals surface area contributed by atoms with E-state index < -0.39 is 30.7 Å². The number of benzene rings is 1. The molecule has 0 bridgehead atoms. The molecule has 1 atom stereocenters. The first-order valence-electron chi connectivity index (χ1n) is 7.32. The summed E-state index contributed by atoms with van der Waals surface area (Å²) in [7, 11) is 0. The van der Waals surface area contributed by atoms with Gasteiger partial charge >= 0.3 is 6.09 Å². The number of rotatable bonds is 6. The molecule has 23 heavy (non-hydrogen) atoms. The summed E-state index contributed by atoms with van der Waals surface area (Å²) >= 11 is 2.19. The second-order valence-corrected chi connectivity index (χ2v) is 7.61. The number of carbonyl (C=O) groups is 1. The molecule has 0 aromatic heterocycles. The van der Waals surface area contributed by atoms with Gasteiger partial charge in [0, 0.05) is 9.61 Å². The van der Waals surface area contributed by atoms with Crippen LogP contribution in [0.15, 0.2) is 24.3 Å². The summed E-state index contributed by atoms with van der Waals surface area (Å²) in [6, 6.07) is 7.44. The second-order valence-electron chi connectivity index (χ2n) is 6.37. The quantitative estimate of drug-likeness (QED) is 0.655. The van der Waals surface area contributed by atoms with E-state index >= 15 is 0 Å². The zero-order valence-electron chi connectivity index (χ0n) is 13.8. The van der Waals surface area contributed by atoms with Crippen molar-refractivity contribution in [2.45, 2.75) is 45.3 Å². The fraction of sp³-hybridized carbons (Fsp3) is 0.562. The van der Waals surface area contributed by atoms with E-state index in [9.17, 15) is 13.6 Å². The molecular weight excluding hydrogens is 417 g/mol. The lowest BCUT2D eigenvalue weighted by atomic mass is 10.1. The third-order valence-electron chi connectivity index (χ3n) is 2.93. The fourth-order valence-corrected chi connectivity index (χ4v) is 2.11. The third-order valence-corrected chi connectivity index (χ3v) is 3.65. The predicted octanol–water partition coefficient (Wildman–Crippen LogP) is 4.10. The van der Waals surface area contributed by atoms with Crippen LogP contribution in [0, 0.1) is 3.57 Å². The van der Waals surface area contributed by atoms with Gasteiger partial charge in [-0.05, 0) is 68.0 Å². The lowest BCUT2D eigenvalue weighted by Gasteiger charge is -2.23. The summed E-state index contributed by atoms with van der Waals surface area (Å²) in [5.41, 5.74) is 0.220. The lowest BCUT2D eigenvalue weighted by molar-refractivity contribution is -0.00525. The number of halogens is 3. The molecule has 1 rings (SSSR count). The van der Waals surface area contributed by atoms with Crippen molar-refractivity contribution in [2.75, 3.05) is 13.1 Å². The molecule has 0 fully saturated rings. The minimum atomic E-state index is -3.06. The van der Waals surface area contributed by atoms with Gasteiger partial charge in [0.1, 0.15) is 5.60 Å². The molecule has 1 amide bonds. The molecular formula is C16H23F2IN2O2. The SMILES string of the molecule is CC(NCC(F)(F)CNC(=O)OC(C)(C)C)c1ccc(I)cc1. The van der Waals surface area contributed by atoms with Crippen molar-refractivity contribution in [3.63, 3.8) is 0 Å². The molecule has 0 aliphatic rings. The number of hydrogen-bond donors (Lipinski definition) is 2. The monoisotopic (exact) mass is 440 g/mol. The highest BCUT2D eigenvalue weighted by Gasteiger charge is 2.30. The van der Waals surface area contributed by atoms with E-state index in [1.807, 2.05) is 31.2 Å². The van der Waals surface area contributed by atoms with Crippen LogP contribution in [0.2, 0.25) is 0 Å². The lowest BCUT2D eigenvalue weighted by Crippen LogP contribution is -2.45. The Bertz CT molecular complexity index is 516. The zero-order valence-corrected chi connectivity index (χ0v) is 15.9. The second kappa shape index (κ2) is 8.23. The van der Waals surface area contributed by atoms with E-state index in [4.69, 9.17) is 4.74 Å². The predicted molar refractivity (Wildman–Crippen MR) is 94.8 cm³/mol. The van der Waals surface area contributed by atoms with Crippen molar-refractivity contribution >= 4 is 28.7 Å². The number of amides is 1. The summed E-state index contributed by atoms with van der Waals surface area (Å²) in [5.74, 6) is -3.06. The summed E-state index contributed by atoms with van der Waals surface area (Å²) in [4.78, 5) is 11.4. The third kappa shape index (κ3) is 8.45. The Morgan fingerprint density at radius 3 is 2.30 bits per heavy atom. The van der Waals surface area contributed by atoms with Gasteiger partial charge in [0.05, 0.1) is 13.1 Å². The fourth-order valence-electron chi connectivity index (χ4n) is 1.75. The average Bonchev–Trinajstić information content (AvgIpc) is 2.42. The number of alkyl carbamates (subject to hydrolysis) is 1. The molecule has 4 nitrogen and oxygen atoms in total. The minimum Gasteiger partial charge on any atom is -0.444 e. The van der Waals surface area contributed by atoms with E-state index in [0.29, 0.717) is 0 Å². The van der Waals surface area contributed by atoms with Gasteiger partial charge in [-0.15, -0.1) is 0 Å². The molecule has 0 aliphatic heterocycles. The molecule has 0 saturated carbocycles. The summed E-state index contributed by atoms with van der Waals surface area (Å²) < 4.78 is 33.7. The van der Waals surface area contributed by atoms with Crippen molar-refractivity contribution in [2.24, 2.45) is 0 Å². The Labute approximate surface area is 149 Å². The van der Waals surface area contributed by atoms with Crippen molar-refractivity contribution in [3.05, 3.63) is 33.4 Å². The first kappa shape index (κ1) is 20.1.